The van der Waals surface area contributed by atoms with Crippen LogP contribution in [0.3, 0.4) is 0 Å². The van der Waals surface area contributed by atoms with Gasteiger partial charge in [-0.05, 0) is 36.4 Å². The van der Waals surface area contributed by atoms with Gasteiger partial charge in [-0.3, -0.25) is 4.79 Å². The molecular weight excluding hydrogens is 374 g/mol. The van der Waals surface area contributed by atoms with Crippen LogP contribution in [-0.4, -0.2) is 21.6 Å². The Labute approximate surface area is 159 Å². The third-order valence-corrected chi connectivity index (χ3v) is 5.42. The van der Waals surface area contributed by atoms with Crippen molar-refractivity contribution in [3.63, 3.8) is 0 Å². The molecule has 3 rings (SSSR count). The van der Waals surface area contributed by atoms with Crippen molar-refractivity contribution in [1.29, 1.82) is 0 Å². The van der Waals surface area contributed by atoms with Crippen molar-refractivity contribution in [1.82, 2.24) is 9.97 Å². The van der Waals surface area contributed by atoms with Crippen molar-refractivity contribution < 1.29 is 4.79 Å². The summed E-state index contributed by atoms with van der Waals surface area (Å²) in [6.07, 6.45) is 3.29. The van der Waals surface area contributed by atoms with E-state index in [4.69, 9.17) is 11.6 Å². The van der Waals surface area contributed by atoms with Gasteiger partial charge in [-0.25, -0.2) is 9.97 Å². The summed E-state index contributed by atoms with van der Waals surface area (Å²) in [4.78, 5) is 21.9. The first-order chi connectivity index (χ1) is 12.2. The normalized spacial score (nSPS) is 10.4. The number of halogens is 1. The van der Waals surface area contributed by atoms with E-state index in [1.165, 1.54) is 23.5 Å². The van der Waals surface area contributed by atoms with Crippen LogP contribution in [0.4, 0.5) is 5.69 Å². The summed E-state index contributed by atoms with van der Waals surface area (Å²) in [7, 11) is 0. The Morgan fingerprint density at radius 3 is 2.36 bits per heavy atom. The molecule has 0 saturated carbocycles. The van der Waals surface area contributed by atoms with E-state index in [1.807, 2.05) is 30.3 Å². The number of hydrogen-bond donors (Lipinski definition) is 1. The molecule has 0 unspecified atom stereocenters. The lowest BCUT2D eigenvalue weighted by atomic mass is 10.3. The Balaban J connectivity index is 1.61. The highest BCUT2D eigenvalue weighted by Gasteiger charge is 2.11. The molecule has 0 saturated heterocycles. The monoisotopic (exact) mass is 387 g/mol. The smallest absolute Gasteiger partial charge is 0.234 e. The van der Waals surface area contributed by atoms with E-state index in [-0.39, 0.29) is 11.7 Å². The van der Waals surface area contributed by atoms with E-state index >= 15 is 0 Å². The average Bonchev–Trinajstić information content (AvgIpc) is 2.64. The molecule has 0 fully saturated rings. The van der Waals surface area contributed by atoms with Gasteiger partial charge in [-0.15, -0.1) is 0 Å². The van der Waals surface area contributed by atoms with Crippen molar-refractivity contribution in [2.45, 2.75) is 14.9 Å². The van der Waals surface area contributed by atoms with Crippen molar-refractivity contribution in [3.8, 4) is 0 Å². The number of nitrogens with zero attached hydrogens (tertiary/aromatic N) is 2. The zero-order chi connectivity index (χ0) is 17.5. The van der Waals surface area contributed by atoms with Crippen molar-refractivity contribution >= 4 is 46.7 Å². The van der Waals surface area contributed by atoms with Crippen LogP contribution in [-0.2, 0) is 4.79 Å². The number of rotatable bonds is 6. The van der Waals surface area contributed by atoms with Crippen molar-refractivity contribution in [2.24, 2.45) is 0 Å². The number of carbonyl (C=O) groups is 1. The molecule has 2 aromatic carbocycles. The fourth-order valence-corrected chi connectivity index (χ4v) is 3.80. The van der Waals surface area contributed by atoms with E-state index in [0.717, 1.165) is 14.9 Å². The second-order valence-corrected chi connectivity index (χ2v) is 7.39. The van der Waals surface area contributed by atoms with Crippen LogP contribution in [0.15, 0.2) is 81.9 Å². The van der Waals surface area contributed by atoms with Gasteiger partial charge in [-0.2, -0.15) is 0 Å². The molecule has 0 atom stereocenters. The fraction of sp³-hybridized carbons (Fsp3) is 0.0556. The minimum atomic E-state index is -0.103. The van der Waals surface area contributed by atoms with Crippen LogP contribution in [0, 0.1) is 0 Å². The fourth-order valence-electron chi connectivity index (χ4n) is 1.95. The lowest BCUT2D eigenvalue weighted by Gasteiger charge is -2.07. The predicted molar refractivity (Wildman–Crippen MR) is 103 cm³/mol. The van der Waals surface area contributed by atoms with E-state index in [1.54, 1.807) is 36.7 Å². The van der Waals surface area contributed by atoms with Gasteiger partial charge >= 0.3 is 0 Å². The standard InChI is InChI=1S/C18H14ClN3OS2/c19-13-6-8-14(9-7-13)22-16(23)12-24-17-18(21-11-10-20-17)25-15-4-2-1-3-5-15/h1-11H,12H2,(H,22,23). The molecule has 0 aliphatic rings. The first-order valence-corrected chi connectivity index (χ1v) is 9.61. The predicted octanol–water partition coefficient (Wildman–Crippen LogP) is 5.01. The molecule has 0 spiro atoms. The highest BCUT2D eigenvalue weighted by atomic mass is 35.5. The highest BCUT2D eigenvalue weighted by molar-refractivity contribution is 8.02. The zero-order valence-electron chi connectivity index (χ0n) is 13.1. The molecule has 1 heterocycles. The average molecular weight is 388 g/mol. The van der Waals surface area contributed by atoms with Gasteiger partial charge in [0.25, 0.3) is 0 Å². The number of carbonyl (C=O) groups excluding carboxylic acids is 1. The summed E-state index contributed by atoms with van der Waals surface area (Å²) < 4.78 is 0. The number of benzene rings is 2. The maximum atomic E-state index is 12.1. The maximum absolute atomic E-state index is 12.1. The van der Waals surface area contributed by atoms with Gasteiger partial charge in [-0.1, -0.05) is 53.3 Å². The topological polar surface area (TPSA) is 54.9 Å². The van der Waals surface area contributed by atoms with Crippen molar-refractivity contribution in [3.05, 3.63) is 72.0 Å². The molecule has 1 amide bonds. The van der Waals surface area contributed by atoms with Gasteiger partial charge in [0.2, 0.25) is 5.91 Å². The summed E-state index contributed by atoms with van der Waals surface area (Å²) in [5, 5.41) is 5.00. The summed E-state index contributed by atoms with van der Waals surface area (Å²) in [5.41, 5.74) is 0.716. The van der Waals surface area contributed by atoms with Gasteiger partial charge in [0.05, 0.1) is 5.75 Å². The maximum Gasteiger partial charge on any atom is 0.234 e. The van der Waals surface area contributed by atoms with Crippen LogP contribution in [0.25, 0.3) is 0 Å². The summed E-state index contributed by atoms with van der Waals surface area (Å²) in [5.74, 6) is 0.151. The summed E-state index contributed by atoms with van der Waals surface area (Å²) in [6, 6.07) is 17.0. The largest absolute Gasteiger partial charge is 0.325 e. The van der Waals surface area contributed by atoms with Crippen LogP contribution in [0.1, 0.15) is 0 Å². The summed E-state index contributed by atoms with van der Waals surface area (Å²) in [6.45, 7) is 0. The molecule has 0 aliphatic heterocycles. The van der Waals surface area contributed by atoms with Crippen LogP contribution in [0.5, 0.6) is 0 Å². The molecule has 1 N–H and O–H groups in total. The quantitative estimate of drug-likeness (QED) is 0.602. The molecule has 0 bridgehead atoms. The minimum absolute atomic E-state index is 0.103. The molecular formula is C18H14ClN3OS2. The van der Waals surface area contributed by atoms with E-state index in [9.17, 15) is 4.79 Å². The Morgan fingerprint density at radius 1 is 0.960 bits per heavy atom. The molecule has 3 aromatic rings. The molecule has 1 aromatic heterocycles. The number of aromatic nitrogens is 2. The SMILES string of the molecule is O=C(CSc1nccnc1Sc1ccccc1)Nc1ccc(Cl)cc1. The van der Waals surface area contributed by atoms with E-state index in [2.05, 4.69) is 15.3 Å². The number of amides is 1. The second kappa shape index (κ2) is 8.89. The Bertz CT molecular complexity index is 844. The van der Waals surface area contributed by atoms with E-state index < -0.39 is 0 Å². The lowest BCUT2D eigenvalue weighted by molar-refractivity contribution is -0.113. The second-order valence-electron chi connectivity index (χ2n) is 4.93. The number of nitrogens with one attached hydrogen (secondary N) is 1. The third-order valence-electron chi connectivity index (χ3n) is 3.06. The molecule has 126 valence electrons. The first kappa shape index (κ1) is 17.8. The minimum Gasteiger partial charge on any atom is -0.325 e. The Morgan fingerprint density at radius 2 is 1.64 bits per heavy atom. The van der Waals surface area contributed by atoms with Gasteiger partial charge < -0.3 is 5.32 Å². The Hall–Kier alpha value is -2.02. The molecule has 4 nitrogen and oxygen atoms in total. The molecule has 0 radical (unpaired) electrons. The van der Waals surface area contributed by atoms with Crippen LogP contribution in [0.2, 0.25) is 5.02 Å². The van der Waals surface area contributed by atoms with Crippen LogP contribution >= 0.6 is 35.1 Å². The van der Waals surface area contributed by atoms with Gasteiger partial charge in [0.1, 0.15) is 10.1 Å². The Kier molecular flexibility index (Phi) is 6.33. The van der Waals surface area contributed by atoms with E-state index in [0.29, 0.717) is 10.7 Å². The number of hydrogen-bond acceptors (Lipinski definition) is 5. The number of thioether (sulfide) groups is 1. The number of anilines is 1. The molecule has 25 heavy (non-hydrogen) atoms. The molecule has 7 heteroatoms. The van der Waals surface area contributed by atoms with Crippen molar-refractivity contribution in [2.75, 3.05) is 11.1 Å². The van der Waals surface area contributed by atoms with Gasteiger partial charge in [0, 0.05) is 28.0 Å². The lowest BCUT2D eigenvalue weighted by Crippen LogP contribution is -2.14. The summed E-state index contributed by atoms with van der Waals surface area (Å²) >= 11 is 8.73. The first-order valence-electron chi connectivity index (χ1n) is 7.43. The highest BCUT2D eigenvalue weighted by Crippen LogP contribution is 2.32. The van der Waals surface area contributed by atoms with Crippen LogP contribution < -0.4 is 5.32 Å². The zero-order valence-corrected chi connectivity index (χ0v) is 15.4. The third kappa shape index (κ3) is 5.49. The molecule has 0 aliphatic carbocycles. The van der Waals surface area contributed by atoms with Gasteiger partial charge in [0.15, 0.2) is 0 Å².